The normalized spacial score (nSPS) is 16.2. The number of hydrogen-bond acceptors (Lipinski definition) is 3. The molecule has 0 saturated heterocycles. The molecule has 6 nitrogen and oxygen atoms in total. The van der Waals surface area contributed by atoms with Crippen LogP contribution in [-0.2, 0) is 4.79 Å². The predicted octanol–water partition coefficient (Wildman–Crippen LogP) is 2.69. The number of halogens is 1. The number of rotatable bonds is 5. The quantitative estimate of drug-likeness (QED) is 0.414. The molecule has 1 aliphatic carbocycles. The van der Waals surface area contributed by atoms with Crippen LogP contribution in [0.25, 0.3) is 0 Å². The van der Waals surface area contributed by atoms with E-state index in [0.717, 1.165) is 31.4 Å². The van der Waals surface area contributed by atoms with Crippen molar-refractivity contribution in [3.63, 3.8) is 0 Å². The predicted molar refractivity (Wildman–Crippen MR) is 108 cm³/mol. The van der Waals surface area contributed by atoms with Gasteiger partial charge in [0, 0.05) is 14.1 Å². The fraction of sp³-hybridized carbons (Fsp3) is 0.529. The SMILES string of the molecule is COc1ccccc1NC(N)=NCC1(C(=O)N(C)C)CCCC1.I. The third kappa shape index (κ3) is 4.75. The van der Waals surface area contributed by atoms with E-state index in [4.69, 9.17) is 10.5 Å². The van der Waals surface area contributed by atoms with Crippen LogP contribution in [0.1, 0.15) is 25.7 Å². The number of nitrogens with zero attached hydrogens (tertiary/aromatic N) is 2. The Morgan fingerprint density at radius 1 is 1.33 bits per heavy atom. The topological polar surface area (TPSA) is 80.0 Å². The zero-order chi connectivity index (χ0) is 16.9. The molecule has 0 unspecified atom stereocenters. The van der Waals surface area contributed by atoms with Crippen molar-refractivity contribution in [2.24, 2.45) is 16.1 Å². The second kappa shape index (κ2) is 9.10. The van der Waals surface area contributed by atoms with Gasteiger partial charge in [0.05, 0.1) is 24.8 Å². The van der Waals surface area contributed by atoms with Crippen LogP contribution in [0.3, 0.4) is 0 Å². The molecule has 0 aliphatic heterocycles. The fourth-order valence-electron chi connectivity index (χ4n) is 3.13. The highest BCUT2D eigenvalue weighted by Gasteiger charge is 2.41. The van der Waals surface area contributed by atoms with Gasteiger partial charge in [0.25, 0.3) is 0 Å². The van der Waals surface area contributed by atoms with Gasteiger partial charge in [-0.15, -0.1) is 24.0 Å². The van der Waals surface area contributed by atoms with Gasteiger partial charge in [0.1, 0.15) is 5.75 Å². The van der Waals surface area contributed by atoms with Crippen LogP contribution in [0.5, 0.6) is 5.75 Å². The average Bonchev–Trinajstić information content (AvgIpc) is 3.02. The first kappa shape index (κ1) is 20.5. The maximum atomic E-state index is 12.5. The monoisotopic (exact) mass is 446 g/mol. The summed E-state index contributed by atoms with van der Waals surface area (Å²) in [5.74, 6) is 1.14. The van der Waals surface area contributed by atoms with E-state index in [0.29, 0.717) is 18.3 Å². The molecule has 24 heavy (non-hydrogen) atoms. The Labute approximate surface area is 160 Å². The second-order valence-electron chi connectivity index (χ2n) is 6.21. The van der Waals surface area contributed by atoms with Gasteiger partial charge < -0.3 is 20.7 Å². The highest BCUT2D eigenvalue weighted by molar-refractivity contribution is 14.0. The van der Waals surface area contributed by atoms with Crippen molar-refractivity contribution in [1.82, 2.24) is 4.90 Å². The number of amides is 1. The Morgan fingerprint density at radius 3 is 2.54 bits per heavy atom. The van der Waals surface area contributed by atoms with E-state index in [1.807, 2.05) is 24.3 Å². The first-order chi connectivity index (χ1) is 11.0. The fourth-order valence-corrected chi connectivity index (χ4v) is 3.13. The summed E-state index contributed by atoms with van der Waals surface area (Å²) >= 11 is 0. The minimum absolute atomic E-state index is 0. The number of benzene rings is 1. The zero-order valence-electron chi connectivity index (χ0n) is 14.5. The number of hydrogen-bond donors (Lipinski definition) is 2. The number of methoxy groups -OCH3 is 1. The Balaban J connectivity index is 0.00000288. The second-order valence-corrected chi connectivity index (χ2v) is 6.21. The van der Waals surface area contributed by atoms with Gasteiger partial charge in [0.2, 0.25) is 5.91 Å². The summed E-state index contributed by atoms with van der Waals surface area (Å²) in [7, 11) is 5.20. The van der Waals surface area contributed by atoms with Crippen molar-refractivity contribution in [2.45, 2.75) is 25.7 Å². The van der Waals surface area contributed by atoms with E-state index >= 15 is 0 Å². The van der Waals surface area contributed by atoms with Crippen molar-refractivity contribution < 1.29 is 9.53 Å². The van der Waals surface area contributed by atoms with Crippen LogP contribution in [0.15, 0.2) is 29.3 Å². The van der Waals surface area contributed by atoms with E-state index in [1.165, 1.54) is 0 Å². The molecule has 0 heterocycles. The van der Waals surface area contributed by atoms with Gasteiger partial charge >= 0.3 is 0 Å². The summed E-state index contributed by atoms with van der Waals surface area (Å²) in [6, 6.07) is 7.51. The molecule has 0 spiro atoms. The highest BCUT2D eigenvalue weighted by atomic mass is 127. The molecule has 3 N–H and O–H groups in total. The molecule has 0 radical (unpaired) electrons. The molecule has 0 bridgehead atoms. The number of carbonyl (C=O) groups is 1. The first-order valence-corrected chi connectivity index (χ1v) is 7.90. The van der Waals surface area contributed by atoms with Crippen LogP contribution < -0.4 is 15.8 Å². The number of nitrogens with one attached hydrogen (secondary N) is 1. The molecule has 1 aromatic carbocycles. The molecule has 1 fully saturated rings. The largest absolute Gasteiger partial charge is 0.495 e. The van der Waals surface area contributed by atoms with Crippen LogP contribution in [0, 0.1) is 5.41 Å². The van der Waals surface area contributed by atoms with E-state index in [9.17, 15) is 4.79 Å². The maximum absolute atomic E-state index is 12.5. The molecule has 134 valence electrons. The van der Waals surface area contributed by atoms with Gasteiger partial charge in [-0.25, -0.2) is 0 Å². The summed E-state index contributed by atoms with van der Waals surface area (Å²) in [5.41, 5.74) is 6.35. The third-order valence-corrected chi connectivity index (χ3v) is 4.34. The van der Waals surface area contributed by atoms with Crippen molar-refractivity contribution in [2.75, 3.05) is 33.1 Å². The average molecular weight is 446 g/mol. The van der Waals surface area contributed by atoms with Crippen molar-refractivity contribution >= 4 is 41.5 Å². The number of nitrogens with two attached hydrogens (primary N) is 1. The minimum atomic E-state index is -0.406. The lowest BCUT2D eigenvalue weighted by atomic mass is 9.85. The number of guanidine groups is 1. The Kier molecular flexibility index (Phi) is 7.78. The van der Waals surface area contributed by atoms with Gasteiger partial charge in [-0.05, 0) is 25.0 Å². The minimum Gasteiger partial charge on any atom is -0.495 e. The molecule has 7 heteroatoms. The smallest absolute Gasteiger partial charge is 0.230 e. The number of anilines is 1. The number of carbonyl (C=O) groups excluding carboxylic acids is 1. The third-order valence-electron chi connectivity index (χ3n) is 4.34. The number of aliphatic imine (C=N–C) groups is 1. The summed E-state index contributed by atoms with van der Waals surface area (Å²) in [6.07, 6.45) is 3.87. The lowest BCUT2D eigenvalue weighted by molar-refractivity contribution is -0.138. The molecule has 0 aromatic heterocycles. The van der Waals surface area contributed by atoms with E-state index < -0.39 is 5.41 Å². The number of para-hydroxylation sites is 2. The Morgan fingerprint density at radius 2 is 1.96 bits per heavy atom. The van der Waals surface area contributed by atoms with E-state index in [-0.39, 0.29) is 29.9 Å². The van der Waals surface area contributed by atoms with Crippen molar-refractivity contribution in [3.05, 3.63) is 24.3 Å². The maximum Gasteiger partial charge on any atom is 0.230 e. The van der Waals surface area contributed by atoms with Gasteiger partial charge in [-0.2, -0.15) is 0 Å². The standard InChI is InChI=1S/C17H26N4O2.HI/c1-21(2)15(22)17(10-6-7-11-17)12-19-16(18)20-13-8-4-5-9-14(13)23-3;/h4-5,8-9H,6-7,10-12H2,1-3H3,(H3,18,19,20);1H. The molecule has 0 atom stereocenters. The van der Waals surface area contributed by atoms with Gasteiger partial charge in [-0.1, -0.05) is 25.0 Å². The van der Waals surface area contributed by atoms with Crippen molar-refractivity contribution in [3.8, 4) is 5.75 Å². The van der Waals surface area contributed by atoms with E-state index in [2.05, 4.69) is 10.3 Å². The van der Waals surface area contributed by atoms with E-state index in [1.54, 1.807) is 26.1 Å². The molecule has 1 aromatic rings. The zero-order valence-corrected chi connectivity index (χ0v) is 16.9. The first-order valence-electron chi connectivity index (χ1n) is 7.90. The molecule has 2 rings (SSSR count). The van der Waals surface area contributed by atoms with Crippen LogP contribution >= 0.6 is 24.0 Å². The van der Waals surface area contributed by atoms with Gasteiger partial charge in [-0.3, -0.25) is 9.79 Å². The summed E-state index contributed by atoms with van der Waals surface area (Å²) in [5, 5.41) is 3.05. The molecular formula is C17H27IN4O2. The highest BCUT2D eigenvalue weighted by Crippen LogP contribution is 2.39. The lowest BCUT2D eigenvalue weighted by Gasteiger charge is -2.29. The Bertz CT molecular complexity index is 584. The lowest BCUT2D eigenvalue weighted by Crippen LogP contribution is -2.41. The summed E-state index contributed by atoms with van der Waals surface area (Å²) in [4.78, 5) is 18.6. The Hall–Kier alpha value is -1.51. The summed E-state index contributed by atoms with van der Waals surface area (Å²) < 4.78 is 5.28. The van der Waals surface area contributed by atoms with Crippen LogP contribution in [-0.4, -0.2) is 44.5 Å². The molecule has 1 saturated carbocycles. The molecule has 1 amide bonds. The van der Waals surface area contributed by atoms with Crippen molar-refractivity contribution in [1.29, 1.82) is 0 Å². The van der Waals surface area contributed by atoms with Crippen LogP contribution in [0.4, 0.5) is 5.69 Å². The van der Waals surface area contributed by atoms with Crippen LogP contribution in [0.2, 0.25) is 0 Å². The molecule has 1 aliphatic rings. The number of ether oxygens (including phenoxy) is 1. The van der Waals surface area contributed by atoms with Gasteiger partial charge in [0.15, 0.2) is 5.96 Å². The summed E-state index contributed by atoms with van der Waals surface area (Å²) in [6.45, 7) is 0.415. The molecular weight excluding hydrogens is 419 g/mol.